The predicted molar refractivity (Wildman–Crippen MR) is 61.4 cm³/mol. The first-order valence-electron chi connectivity index (χ1n) is 5.14. The molecule has 3 heteroatoms. The number of hydrogen-bond acceptors (Lipinski definition) is 2. The number of hydrogen-bond donors (Lipinski definition) is 2. The van der Waals surface area contributed by atoms with Gasteiger partial charge in [0.2, 0.25) is 5.91 Å². The topological polar surface area (TPSA) is 69.1 Å². The molecular weight excluding hydrogens is 188 g/mol. The van der Waals surface area contributed by atoms with Gasteiger partial charge in [0.25, 0.3) is 0 Å². The minimum absolute atomic E-state index is 0.454. The van der Waals surface area contributed by atoms with Gasteiger partial charge in [-0.05, 0) is 23.5 Å². The molecule has 0 radical (unpaired) electrons. The van der Waals surface area contributed by atoms with Crippen molar-refractivity contribution in [3.05, 3.63) is 35.4 Å². The molecule has 0 aliphatic heterocycles. The summed E-state index contributed by atoms with van der Waals surface area (Å²) in [5, 5.41) is 0. The van der Waals surface area contributed by atoms with Crippen LogP contribution in [0.3, 0.4) is 0 Å². The van der Waals surface area contributed by atoms with E-state index in [1.165, 1.54) is 5.56 Å². The zero-order valence-electron chi connectivity index (χ0n) is 9.23. The summed E-state index contributed by atoms with van der Waals surface area (Å²) in [6.07, 6.45) is 0.510. The molecule has 82 valence electrons. The third-order valence-electron chi connectivity index (χ3n) is 2.44. The third kappa shape index (κ3) is 3.36. The van der Waals surface area contributed by atoms with Crippen LogP contribution in [0.5, 0.6) is 0 Å². The number of rotatable bonds is 4. The van der Waals surface area contributed by atoms with Crippen LogP contribution in [-0.4, -0.2) is 11.9 Å². The Morgan fingerprint density at radius 1 is 1.40 bits per heavy atom. The van der Waals surface area contributed by atoms with Crippen LogP contribution in [0.4, 0.5) is 0 Å². The molecular formula is C12H18N2O. The van der Waals surface area contributed by atoms with Crippen LogP contribution >= 0.6 is 0 Å². The summed E-state index contributed by atoms with van der Waals surface area (Å²) in [6.45, 7) is 4.26. The van der Waals surface area contributed by atoms with Gasteiger partial charge < -0.3 is 11.5 Å². The summed E-state index contributed by atoms with van der Waals surface area (Å²) >= 11 is 0. The molecule has 0 heterocycles. The van der Waals surface area contributed by atoms with Crippen molar-refractivity contribution < 1.29 is 4.79 Å². The SMILES string of the molecule is CC(C)c1cccc(C[C@@H](N)C(N)=O)c1. The molecule has 15 heavy (non-hydrogen) atoms. The fraction of sp³-hybridized carbons (Fsp3) is 0.417. The molecule has 0 unspecified atom stereocenters. The van der Waals surface area contributed by atoms with Gasteiger partial charge in [0.15, 0.2) is 0 Å². The maximum absolute atomic E-state index is 10.8. The first kappa shape index (κ1) is 11.7. The minimum atomic E-state index is -0.590. The number of carbonyl (C=O) groups is 1. The van der Waals surface area contributed by atoms with E-state index in [2.05, 4.69) is 26.0 Å². The average molecular weight is 206 g/mol. The second-order valence-corrected chi connectivity index (χ2v) is 4.11. The summed E-state index contributed by atoms with van der Waals surface area (Å²) in [4.78, 5) is 10.8. The van der Waals surface area contributed by atoms with Crippen LogP contribution in [0.2, 0.25) is 0 Å². The molecule has 1 atom stereocenters. The van der Waals surface area contributed by atoms with Crippen LogP contribution in [0.1, 0.15) is 30.9 Å². The quantitative estimate of drug-likeness (QED) is 0.776. The Morgan fingerprint density at radius 3 is 2.60 bits per heavy atom. The molecule has 1 aromatic carbocycles. The second-order valence-electron chi connectivity index (χ2n) is 4.11. The lowest BCUT2D eigenvalue weighted by Gasteiger charge is -2.10. The van der Waals surface area contributed by atoms with Crippen molar-refractivity contribution in [1.29, 1.82) is 0 Å². The van der Waals surface area contributed by atoms with Gasteiger partial charge in [-0.1, -0.05) is 38.1 Å². The maximum atomic E-state index is 10.8. The number of amides is 1. The Kier molecular flexibility index (Phi) is 3.86. The predicted octanol–water partition coefficient (Wildman–Crippen LogP) is 1.17. The minimum Gasteiger partial charge on any atom is -0.368 e. The van der Waals surface area contributed by atoms with Gasteiger partial charge in [0, 0.05) is 0 Å². The fourth-order valence-electron chi connectivity index (χ4n) is 1.43. The lowest BCUT2D eigenvalue weighted by atomic mass is 9.98. The van der Waals surface area contributed by atoms with Gasteiger partial charge in [-0.3, -0.25) is 4.79 Å². The van der Waals surface area contributed by atoms with Crippen LogP contribution < -0.4 is 11.5 Å². The van der Waals surface area contributed by atoms with Gasteiger partial charge in [-0.2, -0.15) is 0 Å². The van der Waals surface area contributed by atoms with E-state index in [-0.39, 0.29) is 0 Å². The first-order valence-corrected chi connectivity index (χ1v) is 5.14. The van der Waals surface area contributed by atoms with Gasteiger partial charge >= 0.3 is 0 Å². The molecule has 4 N–H and O–H groups in total. The highest BCUT2D eigenvalue weighted by atomic mass is 16.1. The van der Waals surface area contributed by atoms with Gasteiger partial charge in [0.1, 0.15) is 0 Å². The van der Waals surface area contributed by atoms with Crippen molar-refractivity contribution in [2.24, 2.45) is 11.5 Å². The lowest BCUT2D eigenvalue weighted by Crippen LogP contribution is -2.38. The Hall–Kier alpha value is -1.35. The molecule has 0 fully saturated rings. The standard InChI is InChI=1S/C12H18N2O/c1-8(2)10-5-3-4-9(6-10)7-11(13)12(14)15/h3-6,8,11H,7,13H2,1-2H3,(H2,14,15)/t11-/m1/s1. The van der Waals surface area contributed by atoms with E-state index >= 15 is 0 Å². The molecule has 0 spiro atoms. The van der Waals surface area contributed by atoms with E-state index in [1.54, 1.807) is 0 Å². The van der Waals surface area contributed by atoms with Crippen molar-refractivity contribution in [1.82, 2.24) is 0 Å². The van der Waals surface area contributed by atoms with E-state index in [4.69, 9.17) is 11.5 Å². The molecule has 0 saturated heterocycles. The smallest absolute Gasteiger partial charge is 0.234 e. The molecule has 1 amide bonds. The number of nitrogens with two attached hydrogens (primary N) is 2. The van der Waals surface area contributed by atoms with Crippen molar-refractivity contribution in [3.63, 3.8) is 0 Å². The molecule has 0 bridgehead atoms. The summed E-state index contributed by atoms with van der Waals surface area (Å²) in [5.74, 6) is 0.0275. The molecule has 3 nitrogen and oxygen atoms in total. The zero-order valence-corrected chi connectivity index (χ0v) is 9.23. The number of benzene rings is 1. The van der Waals surface area contributed by atoms with Crippen LogP contribution in [0.15, 0.2) is 24.3 Å². The molecule has 0 aliphatic carbocycles. The van der Waals surface area contributed by atoms with Crippen LogP contribution in [0, 0.1) is 0 Å². The van der Waals surface area contributed by atoms with Crippen LogP contribution in [0.25, 0.3) is 0 Å². The molecule has 0 saturated carbocycles. The first-order chi connectivity index (χ1) is 7.00. The molecule has 0 aromatic heterocycles. The van der Waals surface area contributed by atoms with E-state index in [0.717, 1.165) is 5.56 Å². The fourth-order valence-corrected chi connectivity index (χ4v) is 1.43. The monoisotopic (exact) mass is 206 g/mol. The van der Waals surface area contributed by atoms with Crippen molar-refractivity contribution in [2.75, 3.05) is 0 Å². The Labute approximate surface area is 90.5 Å². The Balaban J connectivity index is 2.78. The lowest BCUT2D eigenvalue weighted by molar-refractivity contribution is -0.119. The highest BCUT2D eigenvalue weighted by Crippen LogP contribution is 2.16. The molecule has 1 aromatic rings. The Bertz CT molecular complexity index is 347. The number of primary amides is 1. The summed E-state index contributed by atoms with van der Waals surface area (Å²) in [5.41, 5.74) is 13.0. The molecule has 0 aliphatic rings. The summed E-state index contributed by atoms with van der Waals surface area (Å²) in [7, 11) is 0. The summed E-state index contributed by atoms with van der Waals surface area (Å²) < 4.78 is 0. The van der Waals surface area contributed by atoms with Gasteiger partial charge in [-0.25, -0.2) is 0 Å². The number of carbonyl (C=O) groups excluding carboxylic acids is 1. The average Bonchev–Trinajstić information content (AvgIpc) is 2.18. The largest absolute Gasteiger partial charge is 0.368 e. The zero-order chi connectivity index (χ0) is 11.4. The second kappa shape index (κ2) is 4.94. The normalized spacial score (nSPS) is 12.8. The van der Waals surface area contributed by atoms with E-state index < -0.39 is 11.9 Å². The van der Waals surface area contributed by atoms with E-state index in [0.29, 0.717) is 12.3 Å². The van der Waals surface area contributed by atoms with Gasteiger partial charge in [0.05, 0.1) is 6.04 Å². The maximum Gasteiger partial charge on any atom is 0.234 e. The summed E-state index contributed by atoms with van der Waals surface area (Å²) in [6, 6.07) is 7.51. The third-order valence-corrected chi connectivity index (χ3v) is 2.44. The van der Waals surface area contributed by atoms with Crippen LogP contribution in [-0.2, 0) is 11.2 Å². The molecule has 1 rings (SSSR count). The van der Waals surface area contributed by atoms with E-state index in [9.17, 15) is 4.79 Å². The Morgan fingerprint density at radius 2 is 2.07 bits per heavy atom. The van der Waals surface area contributed by atoms with Gasteiger partial charge in [-0.15, -0.1) is 0 Å². The highest BCUT2D eigenvalue weighted by Gasteiger charge is 2.10. The van der Waals surface area contributed by atoms with E-state index in [1.807, 2.05) is 12.1 Å². The van der Waals surface area contributed by atoms with Crippen molar-refractivity contribution in [3.8, 4) is 0 Å². The van der Waals surface area contributed by atoms with Crippen molar-refractivity contribution in [2.45, 2.75) is 32.2 Å². The highest BCUT2D eigenvalue weighted by molar-refractivity contribution is 5.79. The van der Waals surface area contributed by atoms with Crippen molar-refractivity contribution >= 4 is 5.91 Å².